The van der Waals surface area contributed by atoms with E-state index >= 15 is 0 Å². The molecule has 0 spiro atoms. The summed E-state index contributed by atoms with van der Waals surface area (Å²) >= 11 is 0. The second-order valence-electron chi connectivity index (χ2n) is 5.99. The minimum absolute atomic E-state index is 0.350. The van der Waals surface area contributed by atoms with Crippen molar-refractivity contribution in [3.63, 3.8) is 0 Å². The van der Waals surface area contributed by atoms with Crippen molar-refractivity contribution < 1.29 is 0 Å². The highest BCUT2D eigenvalue weighted by Crippen LogP contribution is 2.20. The molecule has 0 aromatic heterocycles. The zero-order valence-electron chi connectivity index (χ0n) is 11.1. The molecule has 0 radical (unpaired) electrons. The molecule has 1 N–H and O–H groups in total. The summed E-state index contributed by atoms with van der Waals surface area (Å²) in [6.07, 6.45) is 2.62. The van der Waals surface area contributed by atoms with E-state index in [1.54, 1.807) is 0 Å². The molecule has 3 heteroatoms. The van der Waals surface area contributed by atoms with Gasteiger partial charge in [-0.15, -0.1) is 0 Å². The molecule has 2 rings (SSSR count). The molecule has 2 atom stereocenters. The first-order valence-corrected chi connectivity index (χ1v) is 6.77. The van der Waals surface area contributed by atoms with Crippen LogP contribution in [0.15, 0.2) is 0 Å². The second kappa shape index (κ2) is 5.03. The Morgan fingerprint density at radius 2 is 2.19 bits per heavy atom. The van der Waals surface area contributed by atoms with Crippen molar-refractivity contribution in [2.24, 2.45) is 5.92 Å². The topological polar surface area (TPSA) is 18.5 Å². The van der Waals surface area contributed by atoms with Gasteiger partial charge in [0, 0.05) is 38.3 Å². The Hall–Kier alpha value is -0.120. The molecule has 16 heavy (non-hydrogen) atoms. The molecular weight excluding hydrogens is 198 g/mol. The summed E-state index contributed by atoms with van der Waals surface area (Å²) in [4.78, 5) is 5.13. The van der Waals surface area contributed by atoms with Crippen molar-refractivity contribution in [2.75, 3.05) is 46.3 Å². The minimum Gasteiger partial charge on any atom is -0.309 e. The third-order valence-corrected chi connectivity index (χ3v) is 4.34. The molecule has 2 saturated heterocycles. The van der Waals surface area contributed by atoms with E-state index in [0.29, 0.717) is 5.54 Å². The van der Waals surface area contributed by atoms with Crippen molar-refractivity contribution >= 4 is 0 Å². The van der Waals surface area contributed by atoms with Crippen molar-refractivity contribution in [2.45, 2.75) is 32.2 Å². The second-order valence-corrected chi connectivity index (χ2v) is 5.99. The van der Waals surface area contributed by atoms with E-state index in [2.05, 4.69) is 36.0 Å². The maximum Gasteiger partial charge on any atom is 0.0278 e. The van der Waals surface area contributed by atoms with Crippen LogP contribution in [0.4, 0.5) is 0 Å². The smallest absolute Gasteiger partial charge is 0.0278 e. The quantitative estimate of drug-likeness (QED) is 0.773. The van der Waals surface area contributed by atoms with Gasteiger partial charge in [0.05, 0.1) is 0 Å². The average Bonchev–Trinajstić information content (AvgIpc) is 2.64. The fourth-order valence-electron chi connectivity index (χ4n) is 3.08. The lowest BCUT2D eigenvalue weighted by Crippen LogP contribution is -2.59. The predicted molar refractivity (Wildman–Crippen MR) is 68.7 cm³/mol. The van der Waals surface area contributed by atoms with Gasteiger partial charge in [-0.3, -0.25) is 4.90 Å². The Kier molecular flexibility index (Phi) is 3.88. The van der Waals surface area contributed by atoms with Crippen LogP contribution in [0.2, 0.25) is 0 Å². The lowest BCUT2D eigenvalue weighted by atomic mass is 9.95. The third-order valence-electron chi connectivity index (χ3n) is 4.34. The monoisotopic (exact) mass is 225 g/mol. The van der Waals surface area contributed by atoms with Gasteiger partial charge in [0.2, 0.25) is 0 Å². The zero-order chi connectivity index (χ0) is 11.6. The molecule has 2 heterocycles. The van der Waals surface area contributed by atoms with Crippen LogP contribution in [0.5, 0.6) is 0 Å². The number of nitrogens with zero attached hydrogens (tertiary/aromatic N) is 2. The normalized spacial score (nSPS) is 38.1. The van der Waals surface area contributed by atoms with Crippen LogP contribution < -0.4 is 5.32 Å². The molecule has 94 valence electrons. The Morgan fingerprint density at radius 1 is 1.38 bits per heavy atom. The van der Waals surface area contributed by atoms with Crippen LogP contribution >= 0.6 is 0 Å². The number of likely N-dealkylation sites (tertiary alicyclic amines) is 1. The van der Waals surface area contributed by atoms with Gasteiger partial charge < -0.3 is 10.2 Å². The molecule has 2 aliphatic rings. The van der Waals surface area contributed by atoms with Crippen molar-refractivity contribution in [1.29, 1.82) is 0 Å². The number of hydrogen-bond donors (Lipinski definition) is 1. The molecule has 3 nitrogen and oxygen atoms in total. The predicted octanol–water partition coefficient (Wildman–Crippen LogP) is 1.01. The van der Waals surface area contributed by atoms with Crippen LogP contribution in [-0.4, -0.2) is 61.7 Å². The largest absolute Gasteiger partial charge is 0.309 e. The van der Waals surface area contributed by atoms with Gasteiger partial charge in [-0.25, -0.2) is 0 Å². The molecule has 0 aliphatic carbocycles. The summed E-state index contributed by atoms with van der Waals surface area (Å²) < 4.78 is 0. The molecule has 0 aromatic rings. The van der Waals surface area contributed by atoms with Crippen molar-refractivity contribution in [3.8, 4) is 0 Å². The summed E-state index contributed by atoms with van der Waals surface area (Å²) in [7, 11) is 2.24. The highest BCUT2D eigenvalue weighted by molar-refractivity contribution is 4.91. The average molecular weight is 225 g/mol. The van der Waals surface area contributed by atoms with E-state index in [-0.39, 0.29) is 0 Å². The van der Waals surface area contributed by atoms with E-state index in [1.165, 1.54) is 45.6 Å². The van der Waals surface area contributed by atoms with Gasteiger partial charge in [-0.1, -0.05) is 6.92 Å². The van der Waals surface area contributed by atoms with Gasteiger partial charge in [0.1, 0.15) is 0 Å². The number of piperazine rings is 1. The Morgan fingerprint density at radius 3 is 2.81 bits per heavy atom. The van der Waals surface area contributed by atoms with Crippen LogP contribution in [0.3, 0.4) is 0 Å². The summed E-state index contributed by atoms with van der Waals surface area (Å²) in [5.41, 5.74) is 0.350. The van der Waals surface area contributed by atoms with E-state index in [4.69, 9.17) is 0 Å². The first kappa shape index (κ1) is 12.3. The molecule has 2 aliphatic heterocycles. The zero-order valence-corrected chi connectivity index (χ0v) is 11.1. The first-order valence-electron chi connectivity index (χ1n) is 6.77. The molecule has 0 aromatic carbocycles. The highest BCUT2D eigenvalue weighted by atomic mass is 15.2. The maximum atomic E-state index is 3.66. The van der Waals surface area contributed by atoms with E-state index < -0.39 is 0 Å². The molecule has 0 bridgehead atoms. The molecule has 2 unspecified atom stereocenters. The van der Waals surface area contributed by atoms with Gasteiger partial charge in [-0.05, 0) is 39.3 Å². The van der Waals surface area contributed by atoms with Crippen LogP contribution in [-0.2, 0) is 0 Å². The highest BCUT2D eigenvalue weighted by Gasteiger charge is 2.30. The lowest BCUT2D eigenvalue weighted by molar-refractivity contribution is 0.123. The third kappa shape index (κ3) is 2.96. The summed E-state index contributed by atoms with van der Waals surface area (Å²) in [6, 6.07) is 0. The van der Waals surface area contributed by atoms with E-state index in [9.17, 15) is 0 Å². The van der Waals surface area contributed by atoms with Crippen LogP contribution in [0, 0.1) is 5.92 Å². The lowest BCUT2D eigenvalue weighted by Gasteiger charge is -2.42. The Labute approximate surface area is 100 Å². The maximum absolute atomic E-state index is 3.66. The summed E-state index contributed by atoms with van der Waals surface area (Å²) in [5, 5.41) is 3.66. The Balaban J connectivity index is 1.81. The molecule has 0 saturated carbocycles. The summed E-state index contributed by atoms with van der Waals surface area (Å²) in [6.45, 7) is 12.2. The first-order chi connectivity index (χ1) is 7.61. The standard InChI is InChI=1S/C13H27N3/c1-4-13(2)11-16(8-6-14-13)10-12-5-7-15(3)9-12/h12,14H,4-11H2,1-3H3. The molecular formula is C13H27N3. The fraction of sp³-hybridized carbons (Fsp3) is 1.00. The molecule has 0 amide bonds. The van der Waals surface area contributed by atoms with Gasteiger partial charge in [0.15, 0.2) is 0 Å². The fourth-order valence-corrected chi connectivity index (χ4v) is 3.08. The van der Waals surface area contributed by atoms with E-state index in [0.717, 1.165) is 12.5 Å². The van der Waals surface area contributed by atoms with Gasteiger partial charge in [-0.2, -0.15) is 0 Å². The number of rotatable bonds is 3. The van der Waals surface area contributed by atoms with Gasteiger partial charge >= 0.3 is 0 Å². The summed E-state index contributed by atoms with van der Waals surface area (Å²) in [5.74, 6) is 0.907. The minimum atomic E-state index is 0.350. The van der Waals surface area contributed by atoms with Crippen molar-refractivity contribution in [1.82, 2.24) is 15.1 Å². The van der Waals surface area contributed by atoms with Gasteiger partial charge in [0.25, 0.3) is 0 Å². The van der Waals surface area contributed by atoms with Crippen LogP contribution in [0.1, 0.15) is 26.7 Å². The number of hydrogen-bond acceptors (Lipinski definition) is 3. The van der Waals surface area contributed by atoms with E-state index in [1.807, 2.05) is 0 Å². The van der Waals surface area contributed by atoms with Crippen molar-refractivity contribution in [3.05, 3.63) is 0 Å². The Bertz CT molecular complexity index is 231. The molecule has 2 fully saturated rings. The number of nitrogens with one attached hydrogen (secondary N) is 1. The van der Waals surface area contributed by atoms with Crippen LogP contribution in [0.25, 0.3) is 0 Å². The SMILES string of the molecule is CCC1(C)CN(CC2CCN(C)C2)CCN1.